The van der Waals surface area contributed by atoms with Crippen molar-refractivity contribution in [3.05, 3.63) is 91.8 Å². The monoisotopic (exact) mass is 536 g/mol. The topological polar surface area (TPSA) is 126 Å². The Bertz CT molecular complexity index is 1640. The number of imidazole rings is 1. The second-order valence-corrected chi connectivity index (χ2v) is 9.25. The molecule has 0 radical (unpaired) electrons. The molecule has 0 saturated heterocycles. The number of H-pyrrole nitrogens is 2. The van der Waals surface area contributed by atoms with E-state index in [0.717, 1.165) is 5.56 Å². The molecular formula is C23H17BrN6O3S. The SMILES string of the molecule is O=C(CSc1nc2ccccc2c(=O)n1Cc1ccncc1)Nc1cc2[nH]c(=O)[nH]c2cc1Br. The van der Waals surface area contributed by atoms with Gasteiger partial charge < -0.3 is 15.3 Å². The first-order chi connectivity index (χ1) is 16.5. The zero-order valence-electron chi connectivity index (χ0n) is 17.5. The lowest BCUT2D eigenvalue weighted by molar-refractivity contribution is -0.113. The van der Waals surface area contributed by atoms with Gasteiger partial charge in [0.2, 0.25) is 5.91 Å². The predicted molar refractivity (Wildman–Crippen MR) is 135 cm³/mol. The molecular weight excluding hydrogens is 520 g/mol. The third kappa shape index (κ3) is 4.52. The molecule has 170 valence electrons. The molecule has 0 aliphatic rings. The van der Waals surface area contributed by atoms with Gasteiger partial charge in [-0.1, -0.05) is 23.9 Å². The van der Waals surface area contributed by atoms with E-state index in [1.54, 1.807) is 47.3 Å². The molecule has 1 amide bonds. The fraction of sp³-hybridized carbons (Fsp3) is 0.0870. The molecule has 0 unspecified atom stereocenters. The van der Waals surface area contributed by atoms with Crippen molar-refractivity contribution in [2.24, 2.45) is 0 Å². The van der Waals surface area contributed by atoms with Gasteiger partial charge in [0.25, 0.3) is 5.56 Å². The van der Waals surface area contributed by atoms with Crippen LogP contribution >= 0.6 is 27.7 Å². The molecule has 0 aliphatic heterocycles. The fourth-order valence-electron chi connectivity index (χ4n) is 3.54. The van der Waals surface area contributed by atoms with E-state index in [1.165, 1.54) is 11.8 Å². The highest BCUT2D eigenvalue weighted by Gasteiger charge is 2.15. The third-order valence-electron chi connectivity index (χ3n) is 5.13. The van der Waals surface area contributed by atoms with Crippen molar-refractivity contribution < 1.29 is 4.79 Å². The van der Waals surface area contributed by atoms with Gasteiger partial charge in [-0.05, 0) is 57.9 Å². The van der Waals surface area contributed by atoms with Crippen LogP contribution in [0.1, 0.15) is 5.56 Å². The Hall–Kier alpha value is -3.70. The Morgan fingerprint density at radius 1 is 1.06 bits per heavy atom. The first kappa shape index (κ1) is 22.1. The van der Waals surface area contributed by atoms with Crippen LogP contribution in [0.2, 0.25) is 0 Å². The summed E-state index contributed by atoms with van der Waals surface area (Å²) < 4.78 is 2.20. The molecule has 5 rings (SSSR count). The van der Waals surface area contributed by atoms with E-state index in [9.17, 15) is 14.4 Å². The Labute approximate surface area is 204 Å². The number of rotatable bonds is 6. The van der Waals surface area contributed by atoms with Crippen molar-refractivity contribution in [2.75, 3.05) is 11.1 Å². The summed E-state index contributed by atoms with van der Waals surface area (Å²) in [6.07, 6.45) is 3.34. The van der Waals surface area contributed by atoms with Gasteiger partial charge in [0.1, 0.15) is 0 Å². The number of amides is 1. The van der Waals surface area contributed by atoms with Gasteiger partial charge in [-0.25, -0.2) is 9.78 Å². The molecule has 0 atom stereocenters. The summed E-state index contributed by atoms with van der Waals surface area (Å²) >= 11 is 4.60. The first-order valence-electron chi connectivity index (χ1n) is 10.2. The van der Waals surface area contributed by atoms with E-state index >= 15 is 0 Å². The lowest BCUT2D eigenvalue weighted by Gasteiger charge is -2.13. The van der Waals surface area contributed by atoms with Crippen molar-refractivity contribution in [3.63, 3.8) is 0 Å². The quantitative estimate of drug-likeness (QED) is 0.225. The number of para-hydroxylation sites is 1. The Morgan fingerprint density at radius 2 is 1.79 bits per heavy atom. The zero-order chi connectivity index (χ0) is 23.7. The summed E-state index contributed by atoms with van der Waals surface area (Å²) in [6, 6.07) is 14.2. The van der Waals surface area contributed by atoms with E-state index in [4.69, 9.17) is 0 Å². The minimum atomic E-state index is -0.324. The van der Waals surface area contributed by atoms with E-state index in [-0.39, 0.29) is 22.9 Å². The molecule has 3 heterocycles. The van der Waals surface area contributed by atoms with Gasteiger partial charge in [0.15, 0.2) is 5.16 Å². The van der Waals surface area contributed by atoms with Gasteiger partial charge in [-0.15, -0.1) is 0 Å². The number of nitrogens with one attached hydrogen (secondary N) is 3. The molecule has 9 nitrogen and oxygen atoms in total. The van der Waals surface area contributed by atoms with Crippen LogP contribution in [-0.4, -0.2) is 36.2 Å². The van der Waals surface area contributed by atoms with Crippen LogP contribution in [0.5, 0.6) is 0 Å². The van der Waals surface area contributed by atoms with Crippen molar-refractivity contribution in [1.29, 1.82) is 0 Å². The fourth-order valence-corrected chi connectivity index (χ4v) is 4.78. The summed E-state index contributed by atoms with van der Waals surface area (Å²) in [4.78, 5) is 51.5. The highest BCUT2D eigenvalue weighted by atomic mass is 79.9. The van der Waals surface area contributed by atoms with E-state index in [1.807, 2.05) is 18.2 Å². The summed E-state index contributed by atoms with van der Waals surface area (Å²) in [5.74, 6) is -0.240. The molecule has 0 saturated carbocycles. The van der Waals surface area contributed by atoms with Crippen LogP contribution < -0.4 is 16.6 Å². The lowest BCUT2D eigenvalue weighted by Crippen LogP contribution is -2.25. The minimum Gasteiger partial charge on any atom is -0.324 e. The predicted octanol–water partition coefficient (Wildman–Crippen LogP) is 3.50. The number of aromatic nitrogens is 5. The van der Waals surface area contributed by atoms with Crippen molar-refractivity contribution in [1.82, 2.24) is 24.5 Å². The van der Waals surface area contributed by atoms with Crippen LogP contribution in [0, 0.1) is 0 Å². The van der Waals surface area contributed by atoms with Crippen LogP contribution in [0.3, 0.4) is 0 Å². The number of pyridine rings is 1. The lowest BCUT2D eigenvalue weighted by atomic mass is 10.2. The molecule has 11 heteroatoms. The first-order valence-corrected chi connectivity index (χ1v) is 12.0. The van der Waals surface area contributed by atoms with Gasteiger partial charge in [0.05, 0.1) is 39.9 Å². The number of fused-ring (bicyclic) bond motifs is 2. The number of anilines is 1. The maximum Gasteiger partial charge on any atom is 0.323 e. The molecule has 2 aromatic carbocycles. The van der Waals surface area contributed by atoms with E-state index in [2.05, 4.69) is 41.2 Å². The highest BCUT2D eigenvalue weighted by molar-refractivity contribution is 9.10. The van der Waals surface area contributed by atoms with Gasteiger partial charge in [-0.2, -0.15) is 0 Å². The third-order valence-corrected chi connectivity index (χ3v) is 6.76. The Balaban J connectivity index is 1.41. The number of benzene rings is 2. The molecule has 0 fully saturated rings. The van der Waals surface area contributed by atoms with Crippen molar-refractivity contribution in [2.45, 2.75) is 11.7 Å². The molecule has 3 N–H and O–H groups in total. The molecule has 5 aromatic rings. The summed E-state index contributed by atoms with van der Waals surface area (Å²) in [5, 5.41) is 3.80. The maximum atomic E-state index is 13.2. The number of aromatic amines is 2. The van der Waals surface area contributed by atoms with Crippen LogP contribution in [0.25, 0.3) is 21.9 Å². The van der Waals surface area contributed by atoms with E-state index in [0.29, 0.717) is 43.8 Å². The van der Waals surface area contributed by atoms with Crippen LogP contribution in [-0.2, 0) is 11.3 Å². The Kier molecular flexibility index (Phi) is 6.03. The molecule has 0 bridgehead atoms. The highest BCUT2D eigenvalue weighted by Crippen LogP contribution is 2.27. The molecule has 0 aliphatic carbocycles. The normalized spacial score (nSPS) is 11.2. The second kappa shape index (κ2) is 9.27. The van der Waals surface area contributed by atoms with Gasteiger partial charge >= 0.3 is 5.69 Å². The van der Waals surface area contributed by atoms with Crippen LogP contribution in [0.4, 0.5) is 5.69 Å². The number of hydrogen-bond donors (Lipinski definition) is 3. The second-order valence-electron chi connectivity index (χ2n) is 7.45. The van der Waals surface area contributed by atoms with Crippen molar-refractivity contribution in [3.8, 4) is 0 Å². The number of hydrogen-bond acceptors (Lipinski definition) is 6. The average Bonchev–Trinajstić information content (AvgIpc) is 3.19. The zero-order valence-corrected chi connectivity index (χ0v) is 19.9. The number of nitrogens with zero attached hydrogens (tertiary/aromatic N) is 3. The number of carbonyl (C=O) groups is 1. The number of carbonyl (C=O) groups excluding carboxylic acids is 1. The molecule has 3 aromatic heterocycles. The summed E-state index contributed by atoms with van der Waals surface area (Å²) in [5.41, 5.74) is 2.71. The summed E-state index contributed by atoms with van der Waals surface area (Å²) in [6.45, 7) is 0.312. The largest absolute Gasteiger partial charge is 0.324 e. The minimum absolute atomic E-state index is 0.0370. The molecule has 0 spiro atoms. The maximum absolute atomic E-state index is 13.2. The number of halogens is 1. The van der Waals surface area contributed by atoms with E-state index < -0.39 is 0 Å². The Morgan fingerprint density at radius 3 is 2.59 bits per heavy atom. The van der Waals surface area contributed by atoms with Crippen molar-refractivity contribution >= 4 is 61.2 Å². The van der Waals surface area contributed by atoms with Gasteiger partial charge in [0, 0.05) is 16.9 Å². The summed E-state index contributed by atoms with van der Waals surface area (Å²) in [7, 11) is 0. The van der Waals surface area contributed by atoms with Crippen LogP contribution in [0.15, 0.2) is 80.1 Å². The average molecular weight is 537 g/mol. The van der Waals surface area contributed by atoms with Gasteiger partial charge in [-0.3, -0.25) is 19.1 Å². The smallest absolute Gasteiger partial charge is 0.323 e. The number of thioether (sulfide) groups is 1. The standard InChI is InChI=1S/C23H17BrN6O3S/c24-15-9-18-19(28-22(33)27-18)10-17(15)26-20(31)12-34-23-29-16-4-2-1-3-14(16)21(32)30(23)11-13-5-7-25-8-6-13/h1-10H,11-12H2,(H,26,31)(H2,27,28,33). The molecule has 34 heavy (non-hydrogen) atoms.